The molecular formula is C34H34N6O4. The SMILES string of the molecule is CN(C)NC(=O)[C@@]1(Cc2ccccc2N=[N+]=[N-])N=C(c2ccc(OCCCO)cc2)O[C@H]1c1ccc(-c2ccccc2)cc1. The van der Waals surface area contributed by atoms with E-state index in [0.717, 1.165) is 16.7 Å². The fourth-order valence-corrected chi connectivity index (χ4v) is 5.16. The zero-order valence-electron chi connectivity index (χ0n) is 24.6. The molecule has 224 valence electrons. The molecule has 0 saturated heterocycles. The fourth-order valence-electron chi connectivity index (χ4n) is 5.16. The summed E-state index contributed by atoms with van der Waals surface area (Å²) in [5.41, 5.74) is 15.3. The Labute approximate surface area is 256 Å². The number of aliphatic imine (C=N–C) groups is 1. The molecule has 0 aromatic heterocycles. The van der Waals surface area contributed by atoms with Gasteiger partial charge in [-0.15, -0.1) is 0 Å². The summed E-state index contributed by atoms with van der Waals surface area (Å²) in [6.07, 6.45) is -0.163. The van der Waals surface area contributed by atoms with Gasteiger partial charge in [0.1, 0.15) is 5.75 Å². The largest absolute Gasteiger partial charge is 0.494 e. The lowest BCUT2D eigenvalue weighted by molar-refractivity contribution is -0.132. The third-order valence-corrected chi connectivity index (χ3v) is 7.28. The minimum absolute atomic E-state index is 0.0519. The molecule has 10 heteroatoms. The normalized spacial score (nSPS) is 17.4. The third kappa shape index (κ3) is 6.74. The van der Waals surface area contributed by atoms with E-state index in [0.29, 0.717) is 41.5 Å². The molecule has 4 aromatic carbocycles. The van der Waals surface area contributed by atoms with Gasteiger partial charge in [-0.25, -0.2) is 10.0 Å². The summed E-state index contributed by atoms with van der Waals surface area (Å²) in [7, 11) is 3.47. The Balaban J connectivity index is 1.60. The maximum absolute atomic E-state index is 14.2. The van der Waals surface area contributed by atoms with Crippen LogP contribution in [0.4, 0.5) is 5.69 Å². The standard InChI is InChI=1S/C34H34N6O4/c1-40(2)38-33(42)34(23-28-11-6-7-12-30(28)37-39-35)31(26-15-13-25(14-16-26)24-9-4-3-5-10-24)44-32(36-34)27-17-19-29(20-18-27)43-22-8-21-41/h3-7,9-20,31,41H,8,21-23H2,1-2H3,(H,38,42)/t31-,34-/m0/s1. The molecule has 5 rings (SSSR count). The molecule has 0 radical (unpaired) electrons. The summed E-state index contributed by atoms with van der Waals surface area (Å²) >= 11 is 0. The van der Waals surface area contributed by atoms with Crippen LogP contribution in [0.15, 0.2) is 113 Å². The first-order valence-electron chi connectivity index (χ1n) is 14.3. The highest BCUT2D eigenvalue weighted by molar-refractivity contribution is 6.01. The van der Waals surface area contributed by atoms with E-state index in [1.165, 1.54) is 0 Å². The van der Waals surface area contributed by atoms with Crippen molar-refractivity contribution in [3.63, 3.8) is 0 Å². The Morgan fingerprint density at radius 3 is 2.32 bits per heavy atom. The van der Waals surface area contributed by atoms with Gasteiger partial charge in [0.05, 0.1) is 6.61 Å². The van der Waals surface area contributed by atoms with Gasteiger partial charge in [0, 0.05) is 49.7 Å². The number of hydrogen-bond acceptors (Lipinski definition) is 7. The number of benzene rings is 4. The molecule has 1 amide bonds. The highest BCUT2D eigenvalue weighted by Crippen LogP contribution is 2.44. The molecule has 10 nitrogen and oxygen atoms in total. The topological polar surface area (TPSA) is 132 Å². The minimum Gasteiger partial charge on any atom is -0.494 e. The lowest BCUT2D eigenvalue weighted by Crippen LogP contribution is -2.53. The first-order valence-corrected chi connectivity index (χ1v) is 14.3. The van der Waals surface area contributed by atoms with E-state index in [4.69, 9.17) is 19.6 Å². The van der Waals surface area contributed by atoms with E-state index >= 15 is 0 Å². The molecule has 2 atom stereocenters. The first kappa shape index (κ1) is 30.3. The number of hydrazine groups is 1. The van der Waals surface area contributed by atoms with Crippen LogP contribution in [0.1, 0.15) is 29.2 Å². The van der Waals surface area contributed by atoms with Gasteiger partial charge in [-0.05, 0) is 52.1 Å². The summed E-state index contributed by atoms with van der Waals surface area (Å²) in [5.74, 6) is 0.585. The molecule has 0 aliphatic carbocycles. The maximum atomic E-state index is 14.2. The predicted molar refractivity (Wildman–Crippen MR) is 169 cm³/mol. The Kier molecular flexibility index (Phi) is 9.56. The molecule has 0 unspecified atom stereocenters. The van der Waals surface area contributed by atoms with Crippen molar-refractivity contribution >= 4 is 17.5 Å². The van der Waals surface area contributed by atoms with E-state index in [9.17, 15) is 10.3 Å². The van der Waals surface area contributed by atoms with Crippen LogP contribution >= 0.6 is 0 Å². The van der Waals surface area contributed by atoms with Crippen molar-refractivity contribution in [3.8, 4) is 16.9 Å². The Bertz CT molecular complexity index is 1650. The van der Waals surface area contributed by atoms with E-state index < -0.39 is 11.6 Å². The van der Waals surface area contributed by atoms with Crippen LogP contribution in [-0.2, 0) is 16.0 Å². The molecule has 0 bridgehead atoms. The first-order chi connectivity index (χ1) is 21.4. The molecule has 0 fully saturated rings. The molecule has 1 aliphatic rings. The highest BCUT2D eigenvalue weighted by Gasteiger charge is 2.53. The number of ether oxygens (including phenoxy) is 2. The number of rotatable bonds is 12. The number of carbonyl (C=O) groups excluding carboxylic acids is 1. The van der Waals surface area contributed by atoms with Crippen LogP contribution in [0.3, 0.4) is 0 Å². The minimum atomic E-state index is -1.45. The molecular weight excluding hydrogens is 556 g/mol. The van der Waals surface area contributed by atoms with Gasteiger partial charge in [-0.1, -0.05) is 84.0 Å². The van der Waals surface area contributed by atoms with E-state index in [1.807, 2.05) is 78.9 Å². The quantitative estimate of drug-likeness (QED) is 0.0672. The summed E-state index contributed by atoms with van der Waals surface area (Å²) in [6, 6.07) is 32.4. The van der Waals surface area contributed by atoms with Gasteiger partial charge < -0.3 is 14.6 Å². The second kappa shape index (κ2) is 13.9. The van der Waals surface area contributed by atoms with Crippen molar-refractivity contribution in [1.29, 1.82) is 0 Å². The number of hydrogen-bond donors (Lipinski definition) is 2. The van der Waals surface area contributed by atoms with Crippen molar-refractivity contribution in [2.45, 2.75) is 24.5 Å². The zero-order valence-corrected chi connectivity index (χ0v) is 24.6. The van der Waals surface area contributed by atoms with Crippen LogP contribution in [0.2, 0.25) is 0 Å². The number of nitrogens with zero attached hydrogens (tertiary/aromatic N) is 5. The van der Waals surface area contributed by atoms with E-state index in [1.54, 1.807) is 43.4 Å². The molecule has 0 spiro atoms. The summed E-state index contributed by atoms with van der Waals surface area (Å²) in [5, 5.41) is 14.5. The number of aliphatic hydroxyl groups excluding tert-OH is 1. The van der Waals surface area contributed by atoms with Gasteiger partial charge in [0.2, 0.25) is 5.90 Å². The Morgan fingerprint density at radius 1 is 0.977 bits per heavy atom. The molecule has 4 aromatic rings. The molecule has 44 heavy (non-hydrogen) atoms. The van der Waals surface area contributed by atoms with Gasteiger partial charge in [0.25, 0.3) is 5.91 Å². The fraction of sp³-hybridized carbons (Fsp3) is 0.235. The van der Waals surface area contributed by atoms with E-state index in [2.05, 4.69) is 15.5 Å². The second-order valence-corrected chi connectivity index (χ2v) is 10.6. The lowest BCUT2D eigenvalue weighted by Gasteiger charge is -2.32. The van der Waals surface area contributed by atoms with Gasteiger partial charge in [-0.2, -0.15) is 0 Å². The number of amides is 1. The second-order valence-electron chi connectivity index (χ2n) is 10.6. The average Bonchev–Trinajstić information content (AvgIpc) is 3.43. The summed E-state index contributed by atoms with van der Waals surface area (Å²) in [6.45, 7) is 0.448. The molecule has 1 aliphatic heterocycles. The van der Waals surface area contributed by atoms with Gasteiger partial charge >= 0.3 is 0 Å². The smallest absolute Gasteiger partial charge is 0.266 e. The van der Waals surface area contributed by atoms with Crippen molar-refractivity contribution in [2.75, 3.05) is 27.3 Å². The van der Waals surface area contributed by atoms with Crippen LogP contribution < -0.4 is 10.2 Å². The van der Waals surface area contributed by atoms with Crippen LogP contribution in [0.25, 0.3) is 21.6 Å². The Hall–Kier alpha value is -5.15. The zero-order chi connectivity index (χ0) is 30.9. The van der Waals surface area contributed by atoms with Crippen molar-refractivity contribution < 1.29 is 19.4 Å². The number of aliphatic hydroxyl groups is 1. The van der Waals surface area contributed by atoms with Crippen molar-refractivity contribution in [3.05, 3.63) is 130 Å². The summed E-state index contributed by atoms with van der Waals surface area (Å²) < 4.78 is 12.3. The van der Waals surface area contributed by atoms with Crippen LogP contribution in [-0.4, -0.2) is 54.8 Å². The van der Waals surface area contributed by atoms with Crippen molar-refractivity contribution in [1.82, 2.24) is 10.4 Å². The van der Waals surface area contributed by atoms with Gasteiger partial charge in [0.15, 0.2) is 11.6 Å². The Morgan fingerprint density at radius 2 is 1.64 bits per heavy atom. The van der Waals surface area contributed by atoms with E-state index in [-0.39, 0.29) is 18.9 Å². The average molecular weight is 591 g/mol. The number of carbonyl (C=O) groups is 1. The maximum Gasteiger partial charge on any atom is 0.266 e. The van der Waals surface area contributed by atoms with Crippen LogP contribution in [0.5, 0.6) is 5.75 Å². The third-order valence-electron chi connectivity index (χ3n) is 7.28. The number of azide groups is 1. The lowest BCUT2D eigenvalue weighted by atomic mass is 9.81. The molecule has 1 heterocycles. The van der Waals surface area contributed by atoms with Gasteiger partial charge in [-0.3, -0.25) is 10.2 Å². The monoisotopic (exact) mass is 590 g/mol. The highest BCUT2D eigenvalue weighted by atomic mass is 16.5. The summed E-state index contributed by atoms with van der Waals surface area (Å²) in [4.78, 5) is 22.2. The number of nitrogens with one attached hydrogen (secondary N) is 1. The predicted octanol–water partition coefficient (Wildman–Crippen LogP) is 6.15. The molecule has 2 N–H and O–H groups in total. The van der Waals surface area contributed by atoms with Crippen molar-refractivity contribution in [2.24, 2.45) is 10.1 Å². The van der Waals surface area contributed by atoms with Crippen LogP contribution in [0, 0.1) is 0 Å². The molecule has 0 saturated carbocycles.